The number of hydrogen-bond donors (Lipinski definition) is 0. The van der Waals surface area contributed by atoms with E-state index in [9.17, 15) is 4.79 Å². The third kappa shape index (κ3) is 3.66. The average Bonchev–Trinajstić information content (AvgIpc) is 3.41. The summed E-state index contributed by atoms with van der Waals surface area (Å²) in [6, 6.07) is 18.7. The number of carbonyl (C=O) groups is 1. The van der Waals surface area contributed by atoms with Crippen molar-refractivity contribution in [1.29, 1.82) is 0 Å². The van der Waals surface area contributed by atoms with Crippen LogP contribution in [-0.4, -0.2) is 42.0 Å². The Labute approximate surface area is 178 Å². The van der Waals surface area contributed by atoms with E-state index in [-0.39, 0.29) is 5.91 Å². The zero-order chi connectivity index (χ0) is 19.8. The smallest absolute Gasteiger partial charge is 0.264 e. The molecule has 1 saturated heterocycles. The predicted molar refractivity (Wildman–Crippen MR) is 122 cm³/mol. The Bertz CT molecular complexity index is 1120. The summed E-state index contributed by atoms with van der Waals surface area (Å²) in [6.45, 7) is 5.18. The highest BCUT2D eigenvalue weighted by atomic mass is 32.1. The first-order valence-corrected chi connectivity index (χ1v) is 11.4. The van der Waals surface area contributed by atoms with Gasteiger partial charge in [-0.3, -0.25) is 4.79 Å². The van der Waals surface area contributed by atoms with Crippen molar-refractivity contribution >= 4 is 43.8 Å². The summed E-state index contributed by atoms with van der Waals surface area (Å²) >= 11 is 3.26. The van der Waals surface area contributed by atoms with Crippen molar-refractivity contribution in [3.8, 4) is 11.3 Å². The second-order valence-electron chi connectivity index (χ2n) is 7.31. The van der Waals surface area contributed by atoms with E-state index >= 15 is 0 Å². The van der Waals surface area contributed by atoms with E-state index in [2.05, 4.69) is 53.6 Å². The lowest BCUT2D eigenvalue weighted by molar-refractivity contribution is 0.0751. The number of thiophene rings is 1. The van der Waals surface area contributed by atoms with Gasteiger partial charge in [0.1, 0.15) is 0 Å². The van der Waals surface area contributed by atoms with Crippen molar-refractivity contribution in [2.45, 2.75) is 6.92 Å². The van der Waals surface area contributed by atoms with Crippen molar-refractivity contribution < 1.29 is 4.79 Å². The van der Waals surface area contributed by atoms with Gasteiger partial charge in [-0.2, -0.15) is 0 Å². The van der Waals surface area contributed by atoms with E-state index in [1.165, 1.54) is 10.3 Å². The molecule has 1 fully saturated rings. The van der Waals surface area contributed by atoms with Crippen molar-refractivity contribution in [2.24, 2.45) is 0 Å². The number of anilines is 1. The lowest BCUT2D eigenvalue weighted by Gasteiger charge is -2.34. The van der Waals surface area contributed by atoms with Crippen molar-refractivity contribution in [3.05, 3.63) is 70.4 Å². The number of amides is 1. The Morgan fingerprint density at radius 2 is 1.76 bits per heavy atom. The number of nitrogens with zero attached hydrogens (tertiary/aromatic N) is 3. The van der Waals surface area contributed by atoms with E-state index < -0.39 is 0 Å². The molecule has 4 aromatic rings. The molecule has 0 N–H and O–H groups in total. The van der Waals surface area contributed by atoms with Crippen molar-refractivity contribution in [2.75, 3.05) is 31.1 Å². The molecule has 0 radical (unpaired) electrons. The van der Waals surface area contributed by atoms with Crippen LogP contribution in [0.3, 0.4) is 0 Å². The Hall–Kier alpha value is -2.70. The minimum atomic E-state index is 0.144. The predicted octanol–water partition coefficient (Wildman–Crippen LogP) is 5.30. The molecule has 2 aromatic heterocycles. The number of thiazole rings is 1. The molecular weight excluding hydrogens is 398 g/mol. The fourth-order valence-electron chi connectivity index (χ4n) is 3.61. The average molecular weight is 420 g/mol. The molecule has 1 aliphatic rings. The second kappa shape index (κ2) is 7.61. The second-order valence-corrected chi connectivity index (χ2v) is 9.23. The van der Waals surface area contributed by atoms with Crippen LogP contribution >= 0.6 is 22.7 Å². The minimum absolute atomic E-state index is 0.144. The molecule has 0 bridgehead atoms. The molecule has 0 aliphatic carbocycles. The maximum Gasteiger partial charge on any atom is 0.264 e. The summed E-state index contributed by atoms with van der Waals surface area (Å²) < 4.78 is 1.17. The molecule has 29 heavy (non-hydrogen) atoms. The number of hydrogen-bond acceptors (Lipinski definition) is 5. The highest BCUT2D eigenvalue weighted by Crippen LogP contribution is 2.30. The number of aromatic nitrogens is 1. The summed E-state index contributed by atoms with van der Waals surface area (Å²) in [5, 5.41) is 4.30. The lowest BCUT2D eigenvalue weighted by atomic mass is 10.1. The van der Waals surface area contributed by atoms with Gasteiger partial charge in [-0.05, 0) is 24.4 Å². The van der Waals surface area contributed by atoms with Gasteiger partial charge in [0, 0.05) is 41.8 Å². The number of piperazine rings is 1. The zero-order valence-electron chi connectivity index (χ0n) is 16.2. The third-order valence-electron chi connectivity index (χ3n) is 5.31. The van der Waals surface area contributed by atoms with Crippen molar-refractivity contribution in [1.82, 2.24) is 9.88 Å². The van der Waals surface area contributed by atoms with E-state index in [0.717, 1.165) is 52.8 Å². The molecule has 1 aliphatic heterocycles. The lowest BCUT2D eigenvalue weighted by Crippen LogP contribution is -2.48. The molecule has 3 heterocycles. The Balaban J connectivity index is 1.25. The molecule has 0 saturated carbocycles. The van der Waals surface area contributed by atoms with Gasteiger partial charge in [-0.15, -0.1) is 22.7 Å². The molecule has 4 nitrogen and oxygen atoms in total. The monoisotopic (exact) mass is 419 g/mol. The van der Waals surface area contributed by atoms with E-state index in [4.69, 9.17) is 4.98 Å². The molecule has 2 aromatic carbocycles. The number of aryl methyl sites for hydroxylation is 1. The van der Waals surface area contributed by atoms with Crippen LogP contribution in [0.2, 0.25) is 0 Å². The summed E-state index contributed by atoms with van der Waals surface area (Å²) in [5.41, 5.74) is 3.43. The highest BCUT2D eigenvalue weighted by Gasteiger charge is 2.25. The van der Waals surface area contributed by atoms with Crippen LogP contribution in [0.1, 0.15) is 15.2 Å². The highest BCUT2D eigenvalue weighted by molar-refractivity contribution is 7.20. The van der Waals surface area contributed by atoms with Crippen LogP contribution in [-0.2, 0) is 0 Å². The quantitative estimate of drug-likeness (QED) is 0.452. The molecule has 0 unspecified atom stereocenters. The van der Waals surface area contributed by atoms with Crippen LogP contribution < -0.4 is 4.90 Å². The van der Waals surface area contributed by atoms with E-state index in [1.54, 1.807) is 22.7 Å². The molecular formula is C23H21N3OS2. The van der Waals surface area contributed by atoms with E-state index in [0.29, 0.717) is 0 Å². The normalized spacial score (nSPS) is 14.5. The van der Waals surface area contributed by atoms with Gasteiger partial charge in [-0.1, -0.05) is 48.0 Å². The van der Waals surface area contributed by atoms with Gasteiger partial charge >= 0.3 is 0 Å². The van der Waals surface area contributed by atoms with Crippen LogP contribution in [0.4, 0.5) is 5.13 Å². The van der Waals surface area contributed by atoms with Crippen LogP contribution in [0, 0.1) is 6.92 Å². The maximum absolute atomic E-state index is 12.9. The van der Waals surface area contributed by atoms with E-state index in [1.807, 2.05) is 23.1 Å². The first kappa shape index (κ1) is 18.3. The number of fused-ring (bicyclic) bond motifs is 1. The first-order valence-electron chi connectivity index (χ1n) is 9.73. The summed E-state index contributed by atoms with van der Waals surface area (Å²) in [7, 11) is 0. The maximum atomic E-state index is 12.9. The van der Waals surface area contributed by atoms with Crippen LogP contribution in [0.25, 0.3) is 21.3 Å². The minimum Gasteiger partial charge on any atom is -0.345 e. The number of rotatable bonds is 3. The van der Waals surface area contributed by atoms with Crippen LogP contribution in [0.5, 0.6) is 0 Å². The summed E-state index contributed by atoms with van der Waals surface area (Å²) in [6.07, 6.45) is 0. The van der Waals surface area contributed by atoms with Gasteiger partial charge in [0.15, 0.2) is 5.13 Å². The topological polar surface area (TPSA) is 36.4 Å². The fourth-order valence-corrected chi connectivity index (χ4v) is 5.53. The number of carbonyl (C=O) groups excluding carboxylic acids is 1. The molecule has 6 heteroatoms. The molecule has 0 spiro atoms. The van der Waals surface area contributed by atoms with Crippen LogP contribution in [0.15, 0.2) is 60.0 Å². The van der Waals surface area contributed by atoms with Gasteiger partial charge in [0.25, 0.3) is 5.91 Å². The summed E-state index contributed by atoms with van der Waals surface area (Å²) in [4.78, 5) is 22.9. The van der Waals surface area contributed by atoms with Crippen molar-refractivity contribution in [3.63, 3.8) is 0 Å². The molecule has 1 amide bonds. The van der Waals surface area contributed by atoms with Gasteiger partial charge in [0.2, 0.25) is 0 Å². The van der Waals surface area contributed by atoms with Gasteiger partial charge in [0.05, 0.1) is 10.6 Å². The largest absolute Gasteiger partial charge is 0.345 e. The van der Waals surface area contributed by atoms with Gasteiger partial charge < -0.3 is 9.80 Å². The number of benzene rings is 2. The molecule has 146 valence electrons. The van der Waals surface area contributed by atoms with Gasteiger partial charge in [-0.25, -0.2) is 4.98 Å². The fraction of sp³-hybridized carbons (Fsp3) is 0.217. The summed E-state index contributed by atoms with van der Waals surface area (Å²) in [5.74, 6) is 0.144. The SMILES string of the molecule is Cc1ccc(-c2csc(N3CCN(C(=O)c4cc5ccccc5s4)CC3)n2)cc1. The molecule has 0 atom stereocenters. The Morgan fingerprint density at radius 1 is 1.00 bits per heavy atom. The third-order valence-corrected chi connectivity index (χ3v) is 7.32. The molecule has 5 rings (SSSR count). The Kier molecular flexibility index (Phi) is 4.81. The standard InChI is InChI=1S/C23H21N3OS2/c1-16-6-8-17(9-7-16)19-15-28-23(24-19)26-12-10-25(11-13-26)22(27)21-14-18-4-2-3-5-20(18)29-21/h2-9,14-15H,10-13H2,1H3. The zero-order valence-corrected chi connectivity index (χ0v) is 17.8. The first-order chi connectivity index (χ1) is 14.2. The Morgan fingerprint density at radius 3 is 2.52 bits per heavy atom.